The molecule has 1 unspecified atom stereocenters. The molecule has 4 heteroatoms. The highest BCUT2D eigenvalue weighted by Crippen LogP contribution is 2.24. The maximum Gasteiger partial charge on any atom is 0.193 e. The van der Waals surface area contributed by atoms with Crippen LogP contribution in [0.15, 0.2) is 17.6 Å². The Kier molecular flexibility index (Phi) is 5.74. The van der Waals surface area contributed by atoms with Gasteiger partial charge in [-0.2, -0.15) is 11.8 Å². The van der Waals surface area contributed by atoms with Crippen LogP contribution in [-0.4, -0.2) is 48.5 Å². The Morgan fingerprint density at radius 1 is 1.69 bits per heavy atom. The minimum Gasteiger partial charge on any atom is -0.353 e. The molecule has 0 aromatic heterocycles. The summed E-state index contributed by atoms with van der Waals surface area (Å²) in [6.07, 6.45) is 1.86. The topological polar surface area (TPSA) is 27.6 Å². The molecule has 1 atom stereocenters. The van der Waals surface area contributed by atoms with E-state index in [1.165, 1.54) is 5.75 Å². The molecule has 0 aromatic rings. The molecular weight excluding hydrogens is 218 g/mol. The van der Waals surface area contributed by atoms with Crippen molar-refractivity contribution in [3.8, 4) is 0 Å². The summed E-state index contributed by atoms with van der Waals surface area (Å²) in [6.45, 7) is 11.3. The van der Waals surface area contributed by atoms with Crippen molar-refractivity contribution in [1.29, 1.82) is 0 Å². The van der Waals surface area contributed by atoms with Crippen molar-refractivity contribution in [2.24, 2.45) is 10.9 Å². The second kappa shape index (κ2) is 6.84. The highest BCUT2D eigenvalue weighted by molar-refractivity contribution is 8.00. The molecule has 0 spiro atoms. The van der Waals surface area contributed by atoms with Crippen molar-refractivity contribution in [3.63, 3.8) is 0 Å². The van der Waals surface area contributed by atoms with E-state index in [1.807, 2.05) is 13.1 Å². The summed E-state index contributed by atoms with van der Waals surface area (Å²) in [7, 11) is 1.84. The van der Waals surface area contributed by atoms with E-state index in [2.05, 4.69) is 47.4 Å². The normalized spacial score (nSPS) is 22.4. The third-order valence-electron chi connectivity index (χ3n) is 2.75. The van der Waals surface area contributed by atoms with Gasteiger partial charge in [0.2, 0.25) is 0 Å². The molecule has 0 aliphatic carbocycles. The standard InChI is InChI=1S/C12H23N3S/c1-5-6-14-12(13-4)15-7-8-16-11(9-15)10(2)3/h5,10-11H,1,6-9H2,2-4H3,(H,13,14). The highest BCUT2D eigenvalue weighted by Gasteiger charge is 2.24. The summed E-state index contributed by atoms with van der Waals surface area (Å²) in [5, 5.41) is 4.02. The highest BCUT2D eigenvalue weighted by atomic mass is 32.2. The third-order valence-corrected chi connectivity index (χ3v) is 4.29. The summed E-state index contributed by atoms with van der Waals surface area (Å²) in [5.41, 5.74) is 0. The van der Waals surface area contributed by atoms with E-state index in [-0.39, 0.29) is 0 Å². The molecule has 1 heterocycles. The molecule has 1 rings (SSSR count). The van der Waals surface area contributed by atoms with Crippen molar-refractivity contribution in [3.05, 3.63) is 12.7 Å². The molecule has 92 valence electrons. The number of hydrogen-bond acceptors (Lipinski definition) is 2. The van der Waals surface area contributed by atoms with Gasteiger partial charge in [-0.25, -0.2) is 0 Å². The summed E-state index contributed by atoms with van der Waals surface area (Å²) in [5.74, 6) is 2.92. The van der Waals surface area contributed by atoms with Crippen LogP contribution in [0.2, 0.25) is 0 Å². The lowest BCUT2D eigenvalue weighted by molar-refractivity contribution is 0.382. The largest absolute Gasteiger partial charge is 0.353 e. The molecule has 0 amide bonds. The van der Waals surface area contributed by atoms with Gasteiger partial charge in [-0.1, -0.05) is 19.9 Å². The SMILES string of the molecule is C=CCNC(=NC)N1CCSC(C(C)C)C1. The van der Waals surface area contributed by atoms with Gasteiger partial charge < -0.3 is 10.2 Å². The monoisotopic (exact) mass is 241 g/mol. The number of hydrogen-bond donors (Lipinski definition) is 1. The Morgan fingerprint density at radius 3 is 3.00 bits per heavy atom. The molecule has 0 saturated carbocycles. The predicted octanol–water partition coefficient (Wildman–Crippen LogP) is 1.82. The number of nitrogens with one attached hydrogen (secondary N) is 1. The third kappa shape index (κ3) is 3.74. The number of guanidine groups is 1. The van der Waals surface area contributed by atoms with E-state index in [4.69, 9.17) is 0 Å². The lowest BCUT2D eigenvalue weighted by atomic mass is 10.1. The van der Waals surface area contributed by atoms with E-state index < -0.39 is 0 Å². The lowest BCUT2D eigenvalue weighted by Gasteiger charge is -2.36. The van der Waals surface area contributed by atoms with Crippen LogP contribution in [0.4, 0.5) is 0 Å². The molecule has 1 fully saturated rings. The first kappa shape index (κ1) is 13.4. The van der Waals surface area contributed by atoms with Gasteiger partial charge in [0.15, 0.2) is 5.96 Å². The Hall–Kier alpha value is -0.640. The van der Waals surface area contributed by atoms with Gasteiger partial charge in [-0.05, 0) is 5.92 Å². The summed E-state index contributed by atoms with van der Waals surface area (Å²) in [4.78, 5) is 6.67. The van der Waals surface area contributed by atoms with Gasteiger partial charge in [-0.15, -0.1) is 6.58 Å². The summed E-state index contributed by atoms with van der Waals surface area (Å²) in [6, 6.07) is 0. The van der Waals surface area contributed by atoms with Gasteiger partial charge in [0.05, 0.1) is 0 Å². The van der Waals surface area contributed by atoms with Crippen LogP contribution >= 0.6 is 11.8 Å². The molecule has 16 heavy (non-hydrogen) atoms. The average Bonchev–Trinajstić information content (AvgIpc) is 2.30. The van der Waals surface area contributed by atoms with Crippen LogP contribution in [0.1, 0.15) is 13.8 Å². The van der Waals surface area contributed by atoms with Crippen molar-refractivity contribution >= 4 is 17.7 Å². The fourth-order valence-corrected chi connectivity index (χ4v) is 3.07. The Bertz CT molecular complexity index is 251. The molecule has 1 aliphatic heterocycles. The number of rotatable bonds is 3. The van der Waals surface area contributed by atoms with Crippen molar-refractivity contribution in [1.82, 2.24) is 10.2 Å². The maximum atomic E-state index is 4.32. The zero-order valence-corrected chi connectivity index (χ0v) is 11.4. The molecule has 1 saturated heterocycles. The van der Waals surface area contributed by atoms with Crippen molar-refractivity contribution < 1.29 is 0 Å². The van der Waals surface area contributed by atoms with Gasteiger partial charge in [0.1, 0.15) is 0 Å². The van der Waals surface area contributed by atoms with Crippen LogP contribution in [0, 0.1) is 5.92 Å². The smallest absolute Gasteiger partial charge is 0.193 e. The van der Waals surface area contributed by atoms with Crippen LogP contribution in [0.3, 0.4) is 0 Å². The van der Waals surface area contributed by atoms with Gasteiger partial charge in [0, 0.05) is 37.7 Å². The summed E-state index contributed by atoms with van der Waals surface area (Å²) < 4.78 is 0. The molecular formula is C12H23N3S. The molecule has 1 N–H and O–H groups in total. The first-order valence-corrected chi connectivity index (χ1v) is 6.92. The second-order valence-electron chi connectivity index (χ2n) is 4.32. The van der Waals surface area contributed by atoms with Crippen molar-refractivity contribution in [2.75, 3.05) is 32.4 Å². The van der Waals surface area contributed by atoms with Gasteiger partial charge in [0.25, 0.3) is 0 Å². The predicted molar refractivity (Wildman–Crippen MR) is 74.2 cm³/mol. The van der Waals surface area contributed by atoms with Gasteiger partial charge >= 0.3 is 0 Å². The zero-order valence-electron chi connectivity index (χ0n) is 10.6. The first-order valence-electron chi connectivity index (χ1n) is 5.87. The Labute approximate surface area is 103 Å². The fraction of sp³-hybridized carbons (Fsp3) is 0.750. The molecule has 0 radical (unpaired) electrons. The molecule has 3 nitrogen and oxygen atoms in total. The van der Waals surface area contributed by atoms with E-state index in [0.29, 0.717) is 0 Å². The minimum absolute atomic E-state index is 0.719. The van der Waals surface area contributed by atoms with Crippen LogP contribution < -0.4 is 5.32 Å². The maximum absolute atomic E-state index is 4.32. The van der Waals surface area contributed by atoms with Crippen LogP contribution in [0.25, 0.3) is 0 Å². The second-order valence-corrected chi connectivity index (χ2v) is 5.66. The molecule has 0 aromatic carbocycles. The number of aliphatic imine (C=N–C) groups is 1. The van der Waals surface area contributed by atoms with E-state index in [1.54, 1.807) is 0 Å². The molecule has 1 aliphatic rings. The summed E-state index contributed by atoms with van der Waals surface area (Å²) >= 11 is 2.08. The number of thioether (sulfide) groups is 1. The van der Waals surface area contributed by atoms with E-state index >= 15 is 0 Å². The quantitative estimate of drug-likeness (QED) is 0.464. The zero-order chi connectivity index (χ0) is 12.0. The molecule has 0 bridgehead atoms. The van der Waals surface area contributed by atoms with Crippen molar-refractivity contribution in [2.45, 2.75) is 19.1 Å². The fourth-order valence-electron chi connectivity index (χ4n) is 1.77. The van der Waals surface area contributed by atoms with Crippen LogP contribution in [0.5, 0.6) is 0 Å². The number of nitrogens with zero attached hydrogens (tertiary/aromatic N) is 2. The van der Waals surface area contributed by atoms with Gasteiger partial charge in [-0.3, -0.25) is 4.99 Å². The minimum atomic E-state index is 0.719. The Balaban J connectivity index is 2.54. The van der Waals surface area contributed by atoms with E-state index in [0.717, 1.165) is 36.8 Å². The average molecular weight is 241 g/mol. The Morgan fingerprint density at radius 2 is 2.44 bits per heavy atom. The van der Waals surface area contributed by atoms with Crippen LogP contribution in [-0.2, 0) is 0 Å². The van der Waals surface area contributed by atoms with E-state index in [9.17, 15) is 0 Å². The lowest BCUT2D eigenvalue weighted by Crippen LogP contribution is -2.49. The first-order chi connectivity index (χ1) is 7.69.